The molecule has 1 heterocycles. The minimum Gasteiger partial charge on any atom is -0.424 e. The molecule has 3 rings (SSSR count). The van der Waals surface area contributed by atoms with Crippen LogP contribution >= 0.6 is 0 Å². The Kier molecular flexibility index (Phi) is 9.32. The standard InChI is InChI=1S/C29H35FN2O2/c1-4-6-7-8-9-12-22-20-31-27(32-21-22)26-14-11-10-13-25(26)23-15-17-24(18-16-23)34-28(33)29(3,30)19-5-2/h10-11,13-18,20-21H,4-9,12,19H2,1-3H3. The zero-order chi connectivity index (χ0) is 24.4. The third-order valence-corrected chi connectivity index (χ3v) is 5.96. The topological polar surface area (TPSA) is 52.1 Å². The maximum Gasteiger partial charge on any atom is 0.348 e. The highest BCUT2D eigenvalue weighted by Crippen LogP contribution is 2.31. The van der Waals surface area contributed by atoms with Crippen LogP contribution in [-0.4, -0.2) is 21.6 Å². The SMILES string of the molecule is CCCCCCCc1cnc(-c2ccccc2-c2ccc(OC(=O)C(C)(F)CCC)cc2)nc1. The van der Waals surface area contributed by atoms with Crippen molar-refractivity contribution in [3.8, 4) is 28.3 Å². The predicted molar refractivity (Wildman–Crippen MR) is 135 cm³/mol. The molecule has 1 aromatic heterocycles. The monoisotopic (exact) mass is 462 g/mol. The van der Waals surface area contributed by atoms with Crippen LogP contribution in [0.1, 0.15) is 71.3 Å². The van der Waals surface area contributed by atoms with Crippen LogP contribution in [0.5, 0.6) is 5.75 Å². The number of aryl methyl sites for hydroxylation is 1. The highest BCUT2D eigenvalue weighted by Gasteiger charge is 2.34. The summed E-state index contributed by atoms with van der Waals surface area (Å²) < 4.78 is 19.7. The van der Waals surface area contributed by atoms with E-state index in [1.807, 2.05) is 55.7 Å². The molecule has 0 radical (unpaired) electrons. The molecule has 0 fully saturated rings. The molecule has 180 valence electrons. The number of hydrogen-bond donors (Lipinski definition) is 0. The maximum absolute atomic E-state index is 14.4. The number of rotatable bonds is 12. The van der Waals surface area contributed by atoms with Crippen molar-refractivity contribution in [1.82, 2.24) is 9.97 Å². The number of unbranched alkanes of at least 4 members (excludes halogenated alkanes) is 4. The summed E-state index contributed by atoms with van der Waals surface area (Å²) in [4.78, 5) is 21.4. The van der Waals surface area contributed by atoms with Crippen molar-refractivity contribution >= 4 is 5.97 Å². The van der Waals surface area contributed by atoms with Gasteiger partial charge in [-0.1, -0.05) is 82.3 Å². The van der Waals surface area contributed by atoms with Crippen LogP contribution in [0, 0.1) is 0 Å². The Morgan fingerprint density at radius 2 is 1.53 bits per heavy atom. The van der Waals surface area contributed by atoms with Gasteiger partial charge in [-0.2, -0.15) is 0 Å². The van der Waals surface area contributed by atoms with E-state index in [-0.39, 0.29) is 6.42 Å². The number of benzene rings is 2. The molecule has 34 heavy (non-hydrogen) atoms. The molecule has 0 amide bonds. The molecule has 3 aromatic rings. The molecule has 0 aliphatic carbocycles. The van der Waals surface area contributed by atoms with Crippen LogP contribution in [0.4, 0.5) is 4.39 Å². The zero-order valence-electron chi connectivity index (χ0n) is 20.5. The number of aromatic nitrogens is 2. The quantitative estimate of drug-likeness (QED) is 0.157. The second-order valence-electron chi connectivity index (χ2n) is 8.99. The van der Waals surface area contributed by atoms with Crippen LogP contribution in [0.15, 0.2) is 60.9 Å². The summed E-state index contributed by atoms with van der Waals surface area (Å²) in [5.41, 5.74) is 2.02. The fourth-order valence-electron chi connectivity index (χ4n) is 3.97. The van der Waals surface area contributed by atoms with Gasteiger partial charge in [-0.15, -0.1) is 0 Å². The Balaban J connectivity index is 1.71. The molecule has 0 saturated carbocycles. The van der Waals surface area contributed by atoms with Crippen LogP contribution in [0.3, 0.4) is 0 Å². The molecule has 5 heteroatoms. The van der Waals surface area contributed by atoms with Crippen molar-refractivity contribution in [2.24, 2.45) is 0 Å². The molecular weight excluding hydrogens is 427 g/mol. The highest BCUT2D eigenvalue weighted by molar-refractivity contribution is 5.82. The van der Waals surface area contributed by atoms with E-state index in [0.717, 1.165) is 35.1 Å². The summed E-state index contributed by atoms with van der Waals surface area (Å²) in [6.07, 6.45) is 11.8. The van der Waals surface area contributed by atoms with Crippen molar-refractivity contribution in [3.63, 3.8) is 0 Å². The molecule has 0 aliphatic rings. The summed E-state index contributed by atoms with van der Waals surface area (Å²) in [5.74, 6) is 0.140. The van der Waals surface area contributed by atoms with Gasteiger partial charge in [0.25, 0.3) is 0 Å². The lowest BCUT2D eigenvalue weighted by Crippen LogP contribution is -2.34. The Morgan fingerprint density at radius 1 is 0.882 bits per heavy atom. The van der Waals surface area contributed by atoms with E-state index in [4.69, 9.17) is 4.74 Å². The smallest absolute Gasteiger partial charge is 0.348 e. The Labute approximate surface area is 202 Å². The summed E-state index contributed by atoms with van der Waals surface area (Å²) in [5, 5.41) is 0. The second kappa shape index (κ2) is 12.4. The highest BCUT2D eigenvalue weighted by atomic mass is 19.1. The molecular formula is C29H35FN2O2. The van der Waals surface area contributed by atoms with Crippen LogP contribution < -0.4 is 4.74 Å². The number of hydrogen-bond acceptors (Lipinski definition) is 4. The van der Waals surface area contributed by atoms with Crippen LogP contribution in [0.2, 0.25) is 0 Å². The van der Waals surface area contributed by atoms with Gasteiger partial charge in [0.2, 0.25) is 5.67 Å². The van der Waals surface area contributed by atoms with E-state index in [9.17, 15) is 9.18 Å². The first-order valence-corrected chi connectivity index (χ1v) is 12.4. The van der Waals surface area contributed by atoms with Gasteiger partial charge in [-0.05, 0) is 55.0 Å². The Bertz CT molecular complexity index is 1050. The number of carbonyl (C=O) groups is 1. The summed E-state index contributed by atoms with van der Waals surface area (Å²) >= 11 is 0. The van der Waals surface area contributed by atoms with Gasteiger partial charge in [0.15, 0.2) is 5.82 Å². The van der Waals surface area contributed by atoms with Gasteiger partial charge in [0.05, 0.1) is 0 Å². The number of ether oxygens (including phenoxy) is 1. The van der Waals surface area contributed by atoms with E-state index in [1.165, 1.54) is 32.6 Å². The molecule has 0 saturated heterocycles. The fraction of sp³-hybridized carbons (Fsp3) is 0.414. The van der Waals surface area contributed by atoms with Gasteiger partial charge in [-0.3, -0.25) is 0 Å². The number of esters is 1. The van der Waals surface area contributed by atoms with Gasteiger partial charge in [-0.25, -0.2) is 19.2 Å². The molecule has 2 aromatic carbocycles. The number of carbonyl (C=O) groups excluding carboxylic acids is 1. The van der Waals surface area contributed by atoms with E-state index < -0.39 is 11.6 Å². The van der Waals surface area contributed by atoms with Crippen LogP contribution in [-0.2, 0) is 11.2 Å². The Morgan fingerprint density at radius 3 is 2.18 bits per heavy atom. The molecule has 0 bridgehead atoms. The number of nitrogens with zero attached hydrogens (tertiary/aromatic N) is 2. The van der Waals surface area contributed by atoms with Gasteiger partial charge < -0.3 is 4.74 Å². The first-order valence-electron chi connectivity index (χ1n) is 12.4. The molecule has 0 aliphatic heterocycles. The molecule has 0 spiro atoms. The molecule has 1 atom stereocenters. The maximum atomic E-state index is 14.4. The minimum absolute atomic E-state index is 0.134. The zero-order valence-corrected chi connectivity index (χ0v) is 20.5. The first-order chi connectivity index (χ1) is 16.4. The van der Waals surface area contributed by atoms with E-state index >= 15 is 0 Å². The Hall–Kier alpha value is -3.08. The van der Waals surface area contributed by atoms with E-state index in [1.54, 1.807) is 12.1 Å². The van der Waals surface area contributed by atoms with Crippen molar-refractivity contribution in [2.75, 3.05) is 0 Å². The summed E-state index contributed by atoms with van der Waals surface area (Å²) in [6, 6.07) is 15.1. The van der Waals surface area contributed by atoms with Gasteiger partial charge in [0.1, 0.15) is 5.75 Å². The second-order valence-corrected chi connectivity index (χ2v) is 8.99. The lowest BCUT2D eigenvalue weighted by atomic mass is 9.99. The van der Waals surface area contributed by atoms with Gasteiger partial charge >= 0.3 is 5.97 Å². The van der Waals surface area contributed by atoms with Crippen LogP contribution in [0.25, 0.3) is 22.5 Å². The average Bonchev–Trinajstić information content (AvgIpc) is 2.85. The molecule has 0 N–H and O–H groups in total. The van der Waals surface area contributed by atoms with E-state index in [2.05, 4.69) is 16.9 Å². The third kappa shape index (κ3) is 6.96. The van der Waals surface area contributed by atoms with Crippen molar-refractivity contribution < 1.29 is 13.9 Å². The summed E-state index contributed by atoms with van der Waals surface area (Å²) in [6.45, 7) is 5.33. The number of halogens is 1. The number of alkyl halides is 1. The van der Waals surface area contributed by atoms with E-state index in [0.29, 0.717) is 18.0 Å². The first kappa shape index (κ1) is 25.5. The third-order valence-electron chi connectivity index (χ3n) is 5.96. The van der Waals surface area contributed by atoms with Crippen molar-refractivity contribution in [2.45, 2.75) is 77.8 Å². The molecule has 4 nitrogen and oxygen atoms in total. The normalized spacial score (nSPS) is 12.8. The predicted octanol–water partition coefficient (Wildman–Crippen LogP) is 7.76. The minimum atomic E-state index is -1.99. The lowest BCUT2D eigenvalue weighted by molar-refractivity contribution is -0.147. The summed E-state index contributed by atoms with van der Waals surface area (Å²) in [7, 11) is 0. The van der Waals surface area contributed by atoms with Crippen molar-refractivity contribution in [1.29, 1.82) is 0 Å². The fourth-order valence-corrected chi connectivity index (χ4v) is 3.97. The van der Waals surface area contributed by atoms with Crippen molar-refractivity contribution in [3.05, 3.63) is 66.5 Å². The largest absolute Gasteiger partial charge is 0.424 e. The van der Waals surface area contributed by atoms with Gasteiger partial charge in [0, 0.05) is 18.0 Å². The lowest BCUT2D eigenvalue weighted by Gasteiger charge is -2.17. The average molecular weight is 463 g/mol. The molecule has 1 unspecified atom stereocenters.